The van der Waals surface area contributed by atoms with Crippen LogP contribution in [0.15, 0.2) is 6.07 Å². The first-order valence-corrected chi connectivity index (χ1v) is 11.5. The van der Waals surface area contributed by atoms with Crippen molar-refractivity contribution in [3.05, 3.63) is 17.5 Å². The molecule has 1 amide bonds. The second kappa shape index (κ2) is 7.37. The van der Waals surface area contributed by atoms with E-state index in [1.807, 2.05) is 6.07 Å². The Balaban J connectivity index is 1.70. The van der Waals surface area contributed by atoms with Gasteiger partial charge in [-0.25, -0.2) is 8.42 Å². The number of hydrogen-bond donors (Lipinski definition) is 1. The van der Waals surface area contributed by atoms with Gasteiger partial charge in [-0.05, 0) is 31.7 Å². The number of likely N-dealkylation sites (tertiary alicyclic amines) is 1. The van der Waals surface area contributed by atoms with Crippen molar-refractivity contribution in [1.82, 2.24) is 15.1 Å². The van der Waals surface area contributed by atoms with Crippen LogP contribution in [0.3, 0.4) is 0 Å². The van der Waals surface area contributed by atoms with Crippen molar-refractivity contribution in [3.63, 3.8) is 0 Å². The van der Waals surface area contributed by atoms with Crippen LogP contribution in [-0.4, -0.2) is 59.3 Å². The zero-order valence-corrected chi connectivity index (χ0v) is 17.1. The molecule has 8 heteroatoms. The summed E-state index contributed by atoms with van der Waals surface area (Å²) in [6, 6.07) is 1.45. The van der Waals surface area contributed by atoms with Crippen molar-refractivity contribution in [2.75, 3.05) is 18.1 Å². The molecular formula is C19H29N3O4S. The molecule has 2 fully saturated rings. The number of Topliss-reactive ketones (excluding diaryl/α,β-unsaturated/α-hetero) is 1. The Hall–Kier alpha value is -1.70. The molecule has 1 unspecified atom stereocenters. The molecule has 0 spiro atoms. The highest BCUT2D eigenvalue weighted by Crippen LogP contribution is 2.27. The number of rotatable bonds is 4. The summed E-state index contributed by atoms with van der Waals surface area (Å²) in [4.78, 5) is 27.4. The highest BCUT2D eigenvalue weighted by Gasteiger charge is 2.40. The Bertz CT molecular complexity index is 822. The number of carbonyl (C=O) groups excluding carboxylic acids is 2. The number of hydrogen-bond acceptors (Lipinski definition) is 5. The van der Waals surface area contributed by atoms with E-state index >= 15 is 0 Å². The molecule has 150 valence electrons. The van der Waals surface area contributed by atoms with Crippen LogP contribution in [0.4, 0.5) is 0 Å². The number of amides is 1. The van der Waals surface area contributed by atoms with Crippen LogP contribution in [0.25, 0.3) is 0 Å². The molecule has 0 bridgehead atoms. The van der Waals surface area contributed by atoms with E-state index in [4.69, 9.17) is 0 Å². The lowest BCUT2D eigenvalue weighted by molar-refractivity contribution is -0.143. The van der Waals surface area contributed by atoms with Crippen LogP contribution in [0.2, 0.25) is 0 Å². The topological polar surface area (TPSA) is 100 Å². The third-order valence-electron chi connectivity index (χ3n) is 5.50. The normalized spacial score (nSPS) is 25.5. The minimum atomic E-state index is -3.12. The summed E-state index contributed by atoms with van der Waals surface area (Å²) in [5.74, 6) is -0.691. The maximum atomic E-state index is 12.9. The molecule has 1 aromatic rings. The van der Waals surface area contributed by atoms with E-state index in [1.54, 1.807) is 4.90 Å². The van der Waals surface area contributed by atoms with Gasteiger partial charge in [0, 0.05) is 17.7 Å². The molecule has 2 aliphatic heterocycles. The molecule has 2 saturated heterocycles. The third-order valence-corrected chi connectivity index (χ3v) is 7.27. The molecule has 27 heavy (non-hydrogen) atoms. The summed E-state index contributed by atoms with van der Waals surface area (Å²) in [6.45, 7) is 6.71. The van der Waals surface area contributed by atoms with Gasteiger partial charge in [-0.15, -0.1) is 0 Å². The Labute approximate surface area is 160 Å². The minimum Gasteiger partial charge on any atom is -0.332 e. The lowest BCUT2D eigenvalue weighted by Gasteiger charge is -2.36. The summed E-state index contributed by atoms with van der Waals surface area (Å²) in [7, 11) is -3.12. The fraction of sp³-hybridized carbons (Fsp3) is 0.737. The van der Waals surface area contributed by atoms with Gasteiger partial charge in [0.05, 0.1) is 35.6 Å². The molecule has 1 aromatic heterocycles. The van der Waals surface area contributed by atoms with Crippen LogP contribution in [-0.2, 0) is 31.3 Å². The number of piperidine rings is 1. The van der Waals surface area contributed by atoms with Crippen LogP contribution in [0.5, 0.6) is 0 Å². The first-order valence-electron chi connectivity index (χ1n) is 9.65. The average molecular weight is 396 g/mol. The highest BCUT2D eigenvalue weighted by molar-refractivity contribution is 7.91. The fourth-order valence-corrected chi connectivity index (χ4v) is 5.63. The quantitative estimate of drug-likeness (QED) is 0.835. The summed E-state index contributed by atoms with van der Waals surface area (Å²) < 4.78 is 23.4. The van der Waals surface area contributed by atoms with Crippen molar-refractivity contribution in [2.24, 2.45) is 5.92 Å². The van der Waals surface area contributed by atoms with Crippen LogP contribution in [0.1, 0.15) is 57.8 Å². The standard InChI is InChI=1S/C19H29N3O4S/c1-19(2,3)17-11-14(20-21-17)10-16(23)15-6-4-5-8-22(15)18(24)13-7-9-27(25,26)12-13/h11,13,15H,4-10,12H2,1-3H3,(H,20,21)/t13?,15-/m0/s1. The number of nitrogens with one attached hydrogen (secondary N) is 1. The maximum Gasteiger partial charge on any atom is 0.227 e. The Morgan fingerprint density at radius 1 is 1.26 bits per heavy atom. The third kappa shape index (κ3) is 4.59. The van der Waals surface area contributed by atoms with E-state index in [9.17, 15) is 18.0 Å². The van der Waals surface area contributed by atoms with Gasteiger partial charge in [0.1, 0.15) is 0 Å². The Kier molecular flexibility index (Phi) is 5.47. The lowest BCUT2D eigenvalue weighted by Crippen LogP contribution is -2.50. The monoisotopic (exact) mass is 395 g/mol. The number of carbonyl (C=O) groups is 2. The zero-order chi connectivity index (χ0) is 19.8. The Morgan fingerprint density at radius 3 is 2.59 bits per heavy atom. The molecule has 0 aliphatic carbocycles. The minimum absolute atomic E-state index is 0.00647. The van der Waals surface area contributed by atoms with E-state index in [-0.39, 0.29) is 35.0 Å². The van der Waals surface area contributed by atoms with Crippen molar-refractivity contribution >= 4 is 21.5 Å². The summed E-state index contributed by atoms with van der Waals surface area (Å²) in [6.07, 6.45) is 2.98. The molecular weight excluding hydrogens is 366 g/mol. The predicted octanol–water partition coefficient (Wildman–Crippen LogP) is 1.63. The molecule has 0 aromatic carbocycles. The van der Waals surface area contributed by atoms with Gasteiger partial charge in [-0.2, -0.15) is 5.10 Å². The Morgan fingerprint density at radius 2 is 2.00 bits per heavy atom. The van der Waals surface area contributed by atoms with Crippen LogP contribution >= 0.6 is 0 Å². The second-order valence-electron chi connectivity index (χ2n) is 8.81. The van der Waals surface area contributed by atoms with Crippen molar-refractivity contribution in [2.45, 2.75) is 64.3 Å². The van der Waals surface area contributed by atoms with Gasteiger partial charge >= 0.3 is 0 Å². The largest absolute Gasteiger partial charge is 0.332 e. The van der Waals surface area contributed by atoms with Gasteiger partial charge in [0.2, 0.25) is 5.91 Å². The predicted molar refractivity (Wildman–Crippen MR) is 102 cm³/mol. The van der Waals surface area contributed by atoms with E-state index < -0.39 is 21.8 Å². The summed E-state index contributed by atoms with van der Waals surface area (Å²) in [5.41, 5.74) is 1.56. The van der Waals surface area contributed by atoms with Gasteiger partial charge < -0.3 is 4.90 Å². The molecule has 0 saturated carbocycles. The fourth-order valence-electron chi connectivity index (χ4n) is 3.90. The molecule has 2 atom stereocenters. The van der Waals surface area contributed by atoms with Crippen molar-refractivity contribution < 1.29 is 18.0 Å². The number of nitrogens with zero attached hydrogens (tertiary/aromatic N) is 2. The van der Waals surface area contributed by atoms with Crippen molar-refractivity contribution in [3.8, 4) is 0 Å². The first-order chi connectivity index (χ1) is 12.6. The molecule has 7 nitrogen and oxygen atoms in total. The maximum absolute atomic E-state index is 12.9. The smallest absolute Gasteiger partial charge is 0.227 e. The van der Waals surface area contributed by atoms with E-state index in [2.05, 4.69) is 31.0 Å². The van der Waals surface area contributed by atoms with E-state index in [0.717, 1.165) is 24.2 Å². The molecule has 1 N–H and O–H groups in total. The van der Waals surface area contributed by atoms with Gasteiger partial charge in [-0.1, -0.05) is 20.8 Å². The molecule has 3 rings (SSSR count). The van der Waals surface area contributed by atoms with Gasteiger partial charge in [0.15, 0.2) is 15.6 Å². The number of aromatic nitrogens is 2. The summed E-state index contributed by atoms with van der Waals surface area (Å²) in [5, 5.41) is 7.23. The SMILES string of the molecule is CC(C)(C)c1cc(CC(=O)[C@@H]2CCCCN2C(=O)C2CCS(=O)(=O)C2)[nH]n1. The number of aromatic amines is 1. The zero-order valence-electron chi connectivity index (χ0n) is 16.3. The first kappa shape index (κ1) is 20.0. The molecule has 3 heterocycles. The van der Waals surface area contributed by atoms with E-state index in [0.29, 0.717) is 19.4 Å². The molecule has 2 aliphatic rings. The summed E-state index contributed by atoms with van der Waals surface area (Å²) >= 11 is 0. The average Bonchev–Trinajstić information content (AvgIpc) is 3.20. The van der Waals surface area contributed by atoms with Crippen LogP contribution < -0.4 is 0 Å². The van der Waals surface area contributed by atoms with Crippen LogP contribution in [0, 0.1) is 5.92 Å². The lowest BCUT2D eigenvalue weighted by atomic mass is 9.91. The van der Waals surface area contributed by atoms with E-state index in [1.165, 1.54) is 0 Å². The molecule has 0 radical (unpaired) electrons. The second-order valence-corrected chi connectivity index (χ2v) is 11.0. The van der Waals surface area contributed by atoms with Gasteiger partial charge in [-0.3, -0.25) is 14.7 Å². The number of ketones is 1. The number of H-pyrrole nitrogens is 1. The number of sulfone groups is 1. The highest BCUT2D eigenvalue weighted by atomic mass is 32.2. The van der Waals surface area contributed by atoms with Gasteiger partial charge in [0.25, 0.3) is 0 Å². The van der Waals surface area contributed by atoms with Crippen molar-refractivity contribution in [1.29, 1.82) is 0 Å².